The number of hydrogen-bond donors (Lipinski definition) is 2. The second-order valence-electron chi connectivity index (χ2n) is 5.68. The second-order valence-corrected chi connectivity index (χ2v) is 7.70. The fraction of sp³-hybridized carbons (Fsp3) is 0.500. The average molecular weight is 298 g/mol. The van der Waals surface area contributed by atoms with Gasteiger partial charge in [0.15, 0.2) is 9.84 Å². The van der Waals surface area contributed by atoms with Crippen molar-refractivity contribution in [3.63, 3.8) is 0 Å². The molecule has 5 nitrogen and oxygen atoms in total. The zero-order valence-electron chi connectivity index (χ0n) is 12.1. The molecule has 0 spiro atoms. The monoisotopic (exact) mass is 298 g/mol. The van der Waals surface area contributed by atoms with E-state index in [1.54, 1.807) is 0 Å². The van der Waals surface area contributed by atoms with Crippen LogP contribution in [0.4, 0.5) is 0 Å². The first-order chi connectivity index (χ1) is 9.15. The van der Waals surface area contributed by atoms with E-state index in [1.807, 2.05) is 13.8 Å². The van der Waals surface area contributed by atoms with Gasteiger partial charge in [-0.15, -0.1) is 0 Å². The molecule has 1 amide bonds. The molecule has 0 aliphatic heterocycles. The molecule has 0 saturated heterocycles. The first-order valence-electron chi connectivity index (χ1n) is 6.44. The third kappa shape index (κ3) is 4.94. The topological polar surface area (TPSA) is 89.3 Å². The van der Waals surface area contributed by atoms with Gasteiger partial charge < -0.3 is 11.1 Å². The standard InChI is InChI=1S/C14H22N2O3S/c1-14(2,8-9-15)10-16-13(17)11-4-6-12(7-5-11)20(3,18)19/h4-7H,8-10,15H2,1-3H3,(H,16,17). The molecular weight excluding hydrogens is 276 g/mol. The highest BCUT2D eigenvalue weighted by atomic mass is 32.2. The van der Waals surface area contributed by atoms with E-state index < -0.39 is 9.84 Å². The highest BCUT2D eigenvalue weighted by Crippen LogP contribution is 2.18. The maximum absolute atomic E-state index is 12.0. The Morgan fingerprint density at radius 3 is 2.25 bits per heavy atom. The molecule has 0 aliphatic carbocycles. The minimum atomic E-state index is -3.23. The van der Waals surface area contributed by atoms with Crippen LogP contribution in [0, 0.1) is 5.41 Å². The van der Waals surface area contributed by atoms with Crippen molar-refractivity contribution in [2.24, 2.45) is 11.1 Å². The summed E-state index contributed by atoms with van der Waals surface area (Å²) < 4.78 is 22.7. The number of rotatable bonds is 6. The van der Waals surface area contributed by atoms with Gasteiger partial charge in [-0.2, -0.15) is 0 Å². The number of nitrogens with one attached hydrogen (secondary N) is 1. The summed E-state index contributed by atoms with van der Waals surface area (Å²) >= 11 is 0. The maximum atomic E-state index is 12.0. The van der Waals surface area contributed by atoms with Gasteiger partial charge in [0.1, 0.15) is 0 Å². The fourth-order valence-corrected chi connectivity index (χ4v) is 2.38. The Balaban J connectivity index is 2.70. The fourth-order valence-electron chi connectivity index (χ4n) is 1.75. The van der Waals surface area contributed by atoms with Crippen molar-refractivity contribution in [3.05, 3.63) is 29.8 Å². The molecule has 1 aromatic rings. The van der Waals surface area contributed by atoms with Crippen LogP contribution in [-0.4, -0.2) is 33.7 Å². The molecule has 0 saturated carbocycles. The van der Waals surface area contributed by atoms with Crippen molar-refractivity contribution < 1.29 is 13.2 Å². The molecule has 0 unspecified atom stereocenters. The molecule has 0 aliphatic rings. The van der Waals surface area contributed by atoms with Crippen LogP contribution in [0.25, 0.3) is 0 Å². The number of hydrogen-bond acceptors (Lipinski definition) is 4. The van der Waals surface area contributed by atoms with Crippen LogP contribution < -0.4 is 11.1 Å². The predicted octanol–water partition coefficient (Wildman–Crippen LogP) is 1.19. The van der Waals surface area contributed by atoms with E-state index in [1.165, 1.54) is 24.3 Å². The van der Waals surface area contributed by atoms with E-state index in [4.69, 9.17) is 5.73 Å². The largest absolute Gasteiger partial charge is 0.352 e. The normalized spacial score (nSPS) is 12.2. The summed E-state index contributed by atoms with van der Waals surface area (Å²) in [7, 11) is -3.23. The lowest BCUT2D eigenvalue weighted by molar-refractivity contribution is 0.0935. The van der Waals surface area contributed by atoms with E-state index in [0.29, 0.717) is 18.7 Å². The summed E-state index contributed by atoms with van der Waals surface area (Å²) in [6.07, 6.45) is 1.96. The summed E-state index contributed by atoms with van der Waals surface area (Å²) in [5, 5.41) is 2.84. The van der Waals surface area contributed by atoms with Gasteiger partial charge in [-0.1, -0.05) is 13.8 Å². The van der Waals surface area contributed by atoms with Crippen LogP contribution in [0.2, 0.25) is 0 Å². The summed E-state index contributed by atoms with van der Waals surface area (Å²) in [6.45, 7) is 5.17. The van der Waals surface area contributed by atoms with Crippen LogP contribution >= 0.6 is 0 Å². The molecule has 0 radical (unpaired) electrons. The predicted molar refractivity (Wildman–Crippen MR) is 79.3 cm³/mol. The Hall–Kier alpha value is -1.40. The minimum absolute atomic E-state index is 0.0584. The average Bonchev–Trinajstić information content (AvgIpc) is 2.35. The highest BCUT2D eigenvalue weighted by Gasteiger charge is 2.18. The minimum Gasteiger partial charge on any atom is -0.352 e. The molecule has 6 heteroatoms. The number of carbonyl (C=O) groups is 1. The number of benzene rings is 1. The van der Waals surface area contributed by atoms with Gasteiger partial charge in [-0.25, -0.2) is 8.42 Å². The third-order valence-electron chi connectivity index (χ3n) is 3.09. The summed E-state index contributed by atoms with van der Waals surface area (Å²) in [5.74, 6) is -0.213. The highest BCUT2D eigenvalue weighted by molar-refractivity contribution is 7.90. The molecule has 1 rings (SSSR count). The van der Waals surface area contributed by atoms with Gasteiger partial charge in [0.05, 0.1) is 4.90 Å². The third-order valence-corrected chi connectivity index (χ3v) is 4.22. The van der Waals surface area contributed by atoms with Gasteiger partial charge in [-0.3, -0.25) is 4.79 Å². The number of amides is 1. The molecule has 20 heavy (non-hydrogen) atoms. The lowest BCUT2D eigenvalue weighted by Gasteiger charge is -2.24. The van der Waals surface area contributed by atoms with Gasteiger partial charge in [0, 0.05) is 18.4 Å². The van der Waals surface area contributed by atoms with Crippen molar-refractivity contribution in [2.75, 3.05) is 19.3 Å². The lowest BCUT2D eigenvalue weighted by Crippen LogP contribution is -2.35. The summed E-state index contributed by atoms with van der Waals surface area (Å²) in [5.41, 5.74) is 5.91. The smallest absolute Gasteiger partial charge is 0.251 e. The first-order valence-corrected chi connectivity index (χ1v) is 8.33. The Morgan fingerprint density at radius 1 is 1.25 bits per heavy atom. The van der Waals surface area contributed by atoms with E-state index in [9.17, 15) is 13.2 Å². The van der Waals surface area contributed by atoms with Crippen molar-refractivity contribution in [3.8, 4) is 0 Å². The van der Waals surface area contributed by atoms with Crippen molar-refractivity contribution in [2.45, 2.75) is 25.2 Å². The molecule has 0 heterocycles. The Morgan fingerprint density at radius 2 is 1.80 bits per heavy atom. The quantitative estimate of drug-likeness (QED) is 0.825. The van der Waals surface area contributed by atoms with Crippen molar-refractivity contribution in [1.82, 2.24) is 5.32 Å². The van der Waals surface area contributed by atoms with E-state index in [0.717, 1.165) is 12.7 Å². The maximum Gasteiger partial charge on any atom is 0.251 e. The van der Waals surface area contributed by atoms with E-state index >= 15 is 0 Å². The molecule has 0 bridgehead atoms. The molecule has 1 aromatic carbocycles. The molecule has 0 fully saturated rings. The van der Waals surface area contributed by atoms with Crippen LogP contribution in [0.3, 0.4) is 0 Å². The van der Waals surface area contributed by atoms with Crippen LogP contribution in [0.1, 0.15) is 30.6 Å². The van der Waals surface area contributed by atoms with Gasteiger partial charge in [0.2, 0.25) is 0 Å². The van der Waals surface area contributed by atoms with Crippen molar-refractivity contribution >= 4 is 15.7 Å². The lowest BCUT2D eigenvalue weighted by atomic mass is 9.89. The molecule has 0 atom stereocenters. The van der Waals surface area contributed by atoms with Crippen LogP contribution in [0.5, 0.6) is 0 Å². The molecule has 0 aromatic heterocycles. The Labute approximate surface area is 120 Å². The van der Waals surface area contributed by atoms with Gasteiger partial charge in [0.25, 0.3) is 5.91 Å². The van der Waals surface area contributed by atoms with Gasteiger partial charge >= 0.3 is 0 Å². The van der Waals surface area contributed by atoms with Gasteiger partial charge in [-0.05, 0) is 42.6 Å². The summed E-state index contributed by atoms with van der Waals surface area (Å²) in [6, 6.07) is 5.91. The van der Waals surface area contributed by atoms with E-state index in [-0.39, 0.29) is 16.2 Å². The number of sulfone groups is 1. The zero-order valence-corrected chi connectivity index (χ0v) is 13.0. The Bertz CT molecular complexity index is 563. The molecular formula is C14H22N2O3S. The van der Waals surface area contributed by atoms with E-state index in [2.05, 4.69) is 5.32 Å². The zero-order chi connectivity index (χ0) is 15.4. The van der Waals surface area contributed by atoms with Crippen LogP contribution in [0.15, 0.2) is 29.2 Å². The van der Waals surface area contributed by atoms with Crippen molar-refractivity contribution in [1.29, 1.82) is 0 Å². The summed E-state index contributed by atoms with van der Waals surface area (Å²) in [4.78, 5) is 12.2. The molecule has 3 N–H and O–H groups in total. The number of nitrogens with two attached hydrogens (primary N) is 1. The molecule has 112 valence electrons. The number of carbonyl (C=O) groups excluding carboxylic acids is 1. The van der Waals surface area contributed by atoms with Crippen LogP contribution in [-0.2, 0) is 9.84 Å². The first kappa shape index (κ1) is 16.7. The SMILES string of the molecule is CC(C)(CCN)CNC(=O)c1ccc(S(C)(=O)=O)cc1. The second kappa shape index (κ2) is 6.37. The Kier molecular flexibility index (Phi) is 5.30.